The number of carbonyl (C=O) groups is 1. The molecule has 1 heterocycles. The highest BCUT2D eigenvalue weighted by Crippen LogP contribution is 2.21. The second-order valence-corrected chi connectivity index (χ2v) is 5.66. The average Bonchev–Trinajstić information content (AvgIpc) is 2.51. The molecule has 3 rings (SSSR count). The molecule has 6 heteroatoms. The van der Waals surface area contributed by atoms with Gasteiger partial charge in [0.15, 0.2) is 0 Å². The van der Waals surface area contributed by atoms with Crippen LogP contribution < -0.4 is 5.56 Å². The van der Waals surface area contributed by atoms with Gasteiger partial charge in [0.05, 0.1) is 17.3 Å². The van der Waals surface area contributed by atoms with E-state index in [-0.39, 0.29) is 12.0 Å². The number of carboxylic acid groups (broad SMARTS) is 1. The van der Waals surface area contributed by atoms with E-state index in [1.54, 1.807) is 49.5 Å². The summed E-state index contributed by atoms with van der Waals surface area (Å²) in [5, 5.41) is 9.83. The Labute approximate surface area is 136 Å². The molecule has 1 aromatic heterocycles. The minimum atomic E-state index is -0.886. The second-order valence-electron chi connectivity index (χ2n) is 5.23. The van der Waals surface area contributed by atoms with Crippen LogP contribution in [0.4, 0.5) is 0 Å². The summed E-state index contributed by atoms with van der Waals surface area (Å²) in [6.07, 6.45) is -0.0417. The van der Waals surface area contributed by atoms with Crippen molar-refractivity contribution in [3.05, 3.63) is 63.4 Å². The highest BCUT2D eigenvalue weighted by molar-refractivity contribution is 6.31. The van der Waals surface area contributed by atoms with E-state index in [2.05, 4.69) is 4.98 Å². The molecule has 0 unspecified atom stereocenters. The minimum Gasteiger partial charge on any atom is -0.481 e. The fraction of sp³-hybridized carbons (Fsp3) is 0.118. The van der Waals surface area contributed by atoms with E-state index >= 15 is 0 Å². The van der Waals surface area contributed by atoms with Crippen LogP contribution in [-0.4, -0.2) is 20.6 Å². The van der Waals surface area contributed by atoms with Crippen molar-refractivity contribution in [2.75, 3.05) is 0 Å². The number of hydrogen-bond acceptors (Lipinski definition) is 3. The van der Waals surface area contributed by atoms with Crippen LogP contribution in [0.1, 0.15) is 5.56 Å². The lowest BCUT2D eigenvalue weighted by atomic mass is 10.1. The zero-order valence-electron chi connectivity index (χ0n) is 12.3. The highest BCUT2D eigenvalue weighted by Gasteiger charge is 2.11. The van der Waals surface area contributed by atoms with Crippen molar-refractivity contribution in [1.82, 2.24) is 9.55 Å². The van der Waals surface area contributed by atoms with Crippen molar-refractivity contribution >= 4 is 28.5 Å². The Hall–Kier alpha value is -2.66. The number of benzene rings is 2. The topological polar surface area (TPSA) is 72.2 Å². The lowest BCUT2D eigenvalue weighted by Crippen LogP contribution is -2.20. The van der Waals surface area contributed by atoms with Gasteiger partial charge < -0.3 is 5.11 Å². The molecule has 1 N–H and O–H groups in total. The van der Waals surface area contributed by atoms with Gasteiger partial charge in [0.2, 0.25) is 0 Å². The van der Waals surface area contributed by atoms with Gasteiger partial charge in [-0.1, -0.05) is 35.9 Å². The Balaban J connectivity index is 2.14. The van der Waals surface area contributed by atoms with E-state index in [9.17, 15) is 9.59 Å². The summed E-state index contributed by atoms with van der Waals surface area (Å²) in [4.78, 5) is 27.7. The molecule has 0 aliphatic carbocycles. The van der Waals surface area contributed by atoms with Crippen molar-refractivity contribution in [3.63, 3.8) is 0 Å². The zero-order chi connectivity index (χ0) is 16.6. The summed E-state index contributed by atoms with van der Waals surface area (Å²) in [5.41, 5.74) is 1.80. The summed E-state index contributed by atoms with van der Waals surface area (Å²) < 4.78 is 1.47. The SMILES string of the molecule is Cn1c(-c2ccc(CC(=O)O)cc2)nc2cc(Cl)ccc2c1=O. The summed E-state index contributed by atoms with van der Waals surface area (Å²) in [7, 11) is 1.66. The molecule has 0 aliphatic heterocycles. The first-order valence-electron chi connectivity index (χ1n) is 6.93. The number of carboxylic acids is 1. The Morgan fingerprint density at radius 1 is 1.22 bits per heavy atom. The number of rotatable bonds is 3. The van der Waals surface area contributed by atoms with Gasteiger partial charge in [-0.3, -0.25) is 14.2 Å². The van der Waals surface area contributed by atoms with Gasteiger partial charge >= 0.3 is 5.97 Å². The number of nitrogens with zero attached hydrogens (tertiary/aromatic N) is 2. The van der Waals surface area contributed by atoms with Crippen LogP contribution in [0.2, 0.25) is 5.02 Å². The maximum Gasteiger partial charge on any atom is 0.307 e. The number of halogens is 1. The van der Waals surface area contributed by atoms with Gasteiger partial charge in [0, 0.05) is 17.6 Å². The molecule has 5 nitrogen and oxygen atoms in total. The van der Waals surface area contributed by atoms with E-state index in [1.807, 2.05) is 0 Å². The maximum atomic E-state index is 12.4. The van der Waals surface area contributed by atoms with Crippen molar-refractivity contribution in [1.29, 1.82) is 0 Å². The predicted molar refractivity (Wildman–Crippen MR) is 88.8 cm³/mol. The van der Waals surface area contributed by atoms with Crippen LogP contribution in [0.15, 0.2) is 47.3 Å². The fourth-order valence-corrected chi connectivity index (χ4v) is 2.61. The maximum absolute atomic E-state index is 12.4. The first-order valence-corrected chi connectivity index (χ1v) is 7.31. The molecule has 0 bridgehead atoms. The smallest absolute Gasteiger partial charge is 0.307 e. The van der Waals surface area contributed by atoms with E-state index in [0.29, 0.717) is 27.3 Å². The normalized spacial score (nSPS) is 10.9. The van der Waals surface area contributed by atoms with E-state index in [0.717, 1.165) is 5.56 Å². The van der Waals surface area contributed by atoms with Crippen molar-refractivity contribution < 1.29 is 9.90 Å². The Morgan fingerprint density at radius 2 is 1.91 bits per heavy atom. The molecule has 0 aliphatic rings. The number of hydrogen-bond donors (Lipinski definition) is 1. The first-order chi connectivity index (χ1) is 11.0. The molecule has 0 atom stereocenters. The molecular weight excluding hydrogens is 316 g/mol. The third-order valence-corrected chi connectivity index (χ3v) is 3.84. The number of aliphatic carboxylic acids is 1. The van der Waals surface area contributed by atoms with Gasteiger partial charge in [-0.05, 0) is 23.8 Å². The quantitative estimate of drug-likeness (QED) is 0.802. The number of aromatic nitrogens is 2. The van der Waals surface area contributed by atoms with Crippen LogP contribution in [0.5, 0.6) is 0 Å². The summed E-state index contributed by atoms with van der Waals surface area (Å²) in [6, 6.07) is 11.9. The standard InChI is InChI=1S/C17H13ClN2O3/c1-20-16(11-4-2-10(3-5-11)8-15(21)22)19-14-9-12(18)6-7-13(14)17(20)23/h2-7,9H,8H2,1H3,(H,21,22). The monoisotopic (exact) mass is 328 g/mol. The third-order valence-electron chi connectivity index (χ3n) is 3.61. The van der Waals surface area contributed by atoms with Crippen LogP contribution in [0.3, 0.4) is 0 Å². The third kappa shape index (κ3) is 2.96. The molecule has 0 radical (unpaired) electrons. The molecular formula is C17H13ClN2O3. The summed E-state index contributed by atoms with van der Waals surface area (Å²) in [6.45, 7) is 0. The lowest BCUT2D eigenvalue weighted by molar-refractivity contribution is -0.136. The van der Waals surface area contributed by atoms with Gasteiger partial charge in [0.25, 0.3) is 5.56 Å². The lowest BCUT2D eigenvalue weighted by Gasteiger charge is -2.10. The van der Waals surface area contributed by atoms with E-state index in [4.69, 9.17) is 16.7 Å². The molecule has 23 heavy (non-hydrogen) atoms. The highest BCUT2D eigenvalue weighted by atomic mass is 35.5. The van der Waals surface area contributed by atoms with Gasteiger partial charge in [-0.15, -0.1) is 0 Å². The predicted octanol–water partition coefficient (Wildman–Crippen LogP) is 2.88. The summed E-state index contributed by atoms with van der Waals surface area (Å²) >= 11 is 5.97. The van der Waals surface area contributed by atoms with Crippen LogP contribution in [0, 0.1) is 0 Å². The van der Waals surface area contributed by atoms with Crippen molar-refractivity contribution in [3.8, 4) is 11.4 Å². The van der Waals surface area contributed by atoms with Gasteiger partial charge in [-0.2, -0.15) is 0 Å². The van der Waals surface area contributed by atoms with Crippen LogP contribution in [0.25, 0.3) is 22.3 Å². The van der Waals surface area contributed by atoms with Crippen molar-refractivity contribution in [2.45, 2.75) is 6.42 Å². The fourth-order valence-electron chi connectivity index (χ4n) is 2.45. The minimum absolute atomic E-state index is 0.0417. The first kappa shape index (κ1) is 15.2. The molecule has 3 aromatic rings. The van der Waals surface area contributed by atoms with Crippen molar-refractivity contribution in [2.24, 2.45) is 7.05 Å². The molecule has 0 spiro atoms. The van der Waals surface area contributed by atoms with Gasteiger partial charge in [-0.25, -0.2) is 4.98 Å². The zero-order valence-corrected chi connectivity index (χ0v) is 13.0. The van der Waals surface area contributed by atoms with Gasteiger partial charge in [0.1, 0.15) is 5.82 Å². The van der Waals surface area contributed by atoms with E-state index in [1.165, 1.54) is 4.57 Å². The molecule has 116 valence electrons. The van der Waals surface area contributed by atoms with Crippen LogP contribution in [-0.2, 0) is 18.3 Å². The van der Waals surface area contributed by atoms with Crippen LogP contribution >= 0.6 is 11.6 Å². The molecule has 2 aromatic carbocycles. The average molecular weight is 329 g/mol. The Bertz CT molecular complexity index is 962. The Morgan fingerprint density at radius 3 is 2.57 bits per heavy atom. The van der Waals surface area contributed by atoms with E-state index < -0.39 is 5.97 Å². The molecule has 0 saturated carbocycles. The largest absolute Gasteiger partial charge is 0.481 e. The number of fused-ring (bicyclic) bond motifs is 1. The summed E-state index contributed by atoms with van der Waals surface area (Å²) in [5.74, 6) is -0.379. The Kier molecular flexibility index (Phi) is 3.88. The molecule has 0 saturated heterocycles. The molecule has 0 fully saturated rings. The second kappa shape index (κ2) is 5.85. The molecule has 0 amide bonds.